The van der Waals surface area contributed by atoms with Crippen LogP contribution in [0.1, 0.15) is 37.7 Å². The number of aromatic amines is 1. The van der Waals surface area contributed by atoms with Gasteiger partial charge in [0.05, 0.1) is 0 Å². The van der Waals surface area contributed by atoms with Crippen molar-refractivity contribution in [3.05, 3.63) is 36.0 Å². The summed E-state index contributed by atoms with van der Waals surface area (Å²) in [5, 5.41) is 4.24. The molecule has 22 heavy (non-hydrogen) atoms. The molecule has 0 aliphatic rings. The fourth-order valence-corrected chi connectivity index (χ4v) is 2.55. The molecule has 1 amide bonds. The number of nitrogens with one attached hydrogen (secondary N) is 2. The lowest BCUT2D eigenvalue weighted by Crippen LogP contribution is -2.25. The molecule has 1 aromatic carbocycles. The lowest BCUT2D eigenvalue weighted by atomic mass is 10.1. The van der Waals surface area contributed by atoms with E-state index < -0.39 is 0 Å². The van der Waals surface area contributed by atoms with E-state index in [1.807, 2.05) is 18.3 Å². The van der Waals surface area contributed by atoms with Crippen molar-refractivity contribution < 1.29 is 4.79 Å². The summed E-state index contributed by atoms with van der Waals surface area (Å²) in [6.07, 6.45) is 7.75. The molecule has 2 rings (SSSR count). The van der Waals surface area contributed by atoms with E-state index in [2.05, 4.69) is 22.4 Å². The van der Waals surface area contributed by atoms with Crippen molar-refractivity contribution in [2.75, 3.05) is 13.1 Å². The smallest absolute Gasteiger partial charge is 0.220 e. The van der Waals surface area contributed by atoms with Gasteiger partial charge in [0.2, 0.25) is 5.91 Å². The average Bonchev–Trinajstić information content (AvgIpc) is 2.91. The summed E-state index contributed by atoms with van der Waals surface area (Å²) in [7, 11) is 0. The molecule has 0 radical (unpaired) electrons. The lowest BCUT2D eigenvalue weighted by molar-refractivity contribution is -0.121. The van der Waals surface area contributed by atoms with Crippen LogP contribution >= 0.6 is 12.4 Å². The molecule has 0 bridgehead atoms. The zero-order chi connectivity index (χ0) is 14.9. The first kappa shape index (κ1) is 18.5. The fourth-order valence-electron chi connectivity index (χ4n) is 2.55. The molecule has 1 heterocycles. The predicted molar refractivity (Wildman–Crippen MR) is 94.4 cm³/mol. The van der Waals surface area contributed by atoms with Crippen molar-refractivity contribution in [2.24, 2.45) is 5.73 Å². The van der Waals surface area contributed by atoms with Crippen molar-refractivity contribution in [2.45, 2.75) is 38.5 Å². The summed E-state index contributed by atoms with van der Waals surface area (Å²) in [5.74, 6) is 0.155. The van der Waals surface area contributed by atoms with Crippen LogP contribution in [0.2, 0.25) is 0 Å². The van der Waals surface area contributed by atoms with Crippen molar-refractivity contribution in [3.8, 4) is 0 Å². The number of carbonyl (C=O) groups is 1. The van der Waals surface area contributed by atoms with Crippen LogP contribution in [-0.2, 0) is 11.2 Å². The molecule has 4 nitrogen and oxygen atoms in total. The van der Waals surface area contributed by atoms with E-state index in [0.29, 0.717) is 13.0 Å². The van der Waals surface area contributed by atoms with Crippen LogP contribution in [0.4, 0.5) is 0 Å². The second-order valence-electron chi connectivity index (χ2n) is 5.41. The van der Waals surface area contributed by atoms with Gasteiger partial charge in [-0.15, -0.1) is 12.4 Å². The number of aromatic nitrogens is 1. The van der Waals surface area contributed by atoms with Gasteiger partial charge in [0, 0.05) is 30.1 Å². The van der Waals surface area contributed by atoms with E-state index in [-0.39, 0.29) is 18.3 Å². The molecule has 0 aliphatic carbocycles. The maximum absolute atomic E-state index is 11.7. The van der Waals surface area contributed by atoms with Crippen molar-refractivity contribution in [1.82, 2.24) is 10.3 Å². The minimum Gasteiger partial charge on any atom is -0.361 e. The minimum atomic E-state index is 0. The Bertz CT molecular complexity index is 568. The highest BCUT2D eigenvalue weighted by atomic mass is 35.5. The Labute approximate surface area is 138 Å². The summed E-state index contributed by atoms with van der Waals surface area (Å²) in [5.41, 5.74) is 7.85. The quantitative estimate of drug-likeness (QED) is 0.620. The van der Waals surface area contributed by atoms with E-state index in [1.54, 1.807) is 0 Å². The summed E-state index contributed by atoms with van der Waals surface area (Å²) in [6, 6.07) is 8.24. The third-order valence-corrected chi connectivity index (χ3v) is 3.75. The highest BCUT2D eigenvalue weighted by molar-refractivity contribution is 5.85. The number of H-pyrrole nitrogens is 1. The SMILES string of the molecule is Cl.NCCCCCCC(=O)NCCc1c[nH]c2ccccc12. The van der Waals surface area contributed by atoms with Gasteiger partial charge in [0.1, 0.15) is 0 Å². The number of fused-ring (bicyclic) bond motifs is 1. The Morgan fingerprint density at radius 3 is 2.73 bits per heavy atom. The number of hydrogen-bond acceptors (Lipinski definition) is 2. The topological polar surface area (TPSA) is 70.9 Å². The summed E-state index contributed by atoms with van der Waals surface area (Å²) in [6.45, 7) is 1.44. The molecule has 0 saturated heterocycles. The maximum atomic E-state index is 11.7. The number of unbranched alkanes of at least 4 members (excludes halogenated alkanes) is 3. The summed E-state index contributed by atoms with van der Waals surface area (Å²) in [4.78, 5) is 15.0. The average molecular weight is 324 g/mol. The molecule has 0 spiro atoms. The zero-order valence-corrected chi connectivity index (χ0v) is 13.8. The molecular weight excluding hydrogens is 298 g/mol. The van der Waals surface area contributed by atoms with E-state index in [1.165, 1.54) is 10.9 Å². The molecule has 5 heteroatoms. The van der Waals surface area contributed by atoms with Crippen molar-refractivity contribution in [1.29, 1.82) is 0 Å². The number of carbonyl (C=O) groups excluding carboxylic acids is 1. The Kier molecular flexibility index (Phi) is 8.63. The highest BCUT2D eigenvalue weighted by Gasteiger charge is 2.04. The Hall–Kier alpha value is -1.52. The Balaban J connectivity index is 0.00000242. The van der Waals surface area contributed by atoms with Crippen molar-refractivity contribution in [3.63, 3.8) is 0 Å². The standard InChI is InChI=1S/C17H25N3O.ClH/c18-11-6-2-1-3-9-17(21)19-12-10-14-13-20-16-8-5-4-7-15(14)16;/h4-5,7-8,13,20H,1-3,6,9-12,18H2,(H,19,21);1H. The normalized spacial score (nSPS) is 10.4. The van der Waals surface area contributed by atoms with Gasteiger partial charge in [-0.05, 0) is 37.4 Å². The number of nitrogens with two attached hydrogens (primary N) is 1. The van der Waals surface area contributed by atoms with Crippen LogP contribution in [-0.4, -0.2) is 24.0 Å². The van der Waals surface area contributed by atoms with Gasteiger partial charge in [-0.1, -0.05) is 31.0 Å². The molecule has 122 valence electrons. The fraction of sp³-hybridized carbons (Fsp3) is 0.471. The van der Waals surface area contributed by atoms with Crippen LogP contribution in [0.5, 0.6) is 0 Å². The molecule has 1 aromatic heterocycles. The Morgan fingerprint density at radius 2 is 1.91 bits per heavy atom. The molecule has 0 aliphatic heterocycles. The molecule has 0 unspecified atom stereocenters. The van der Waals surface area contributed by atoms with Gasteiger partial charge >= 0.3 is 0 Å². The molecule has 2 aromatic rings. The van der Waals surface area contributed by atoms with E-state index in [4.69, 9.17) is 5.73 Å². The number of amides is 1. The lowest BCUT2D eigenvalue weighted by Gasteiger charge is -2.05. The number of para-hydroxylation sites is 1. The van der Waals surface area contributed by atoms with Gasteiger partial charge in [0.25, 0.3) is 0 Å². The summed E-state index contributed by atoms with van der Waals surface area (Å²) < 4.78 is 0. The van der Waals surface area contributed by atoms with E-state index >= 15 is 0 Å². The minimum absolute atomic E-state index is 0. The summed E-state index contributed by atoms with van der Waals surface area (Å²) >= 11 is 0. The molecule has 0 saturated carbocycles. The third-order valence-electron chi connectivity index (χ3n) is 3.75. The van der Waals surface area contributed by atoms with Gasteiger partial charge in [0.15, 0.2) is 0 Å². The van der Waals surface area contributed by atoms with Crippen LogP contribution < -0.4 is 11.1 Å². The largest absolute Gasteiger partial charge is 0.361 e. The van der Waals surface area contributed by atoms with Crippen molar-refractivity contribution >= 4 is 29.2 Å². The second-order valence-corrected chi connectivity index (χ2v) is 5.41. The van der Waals surface area contributed by atoms with Gasteiger partial charge in [-0.25, -0.2) is 0 Å². The third kappa shape index (κ3) is 5.70. The number of benzene rings is 1. The van der Waals surface area contributed by atoms with Gasteiger partial charge in [-0.2, -0.15) is 0 Å². The highest BCUT2D eigenvalue weighted by Crippen LogP contribution is 2.17. The first-order chi connectivity index (χ1) is 10.3. The number of halogens is 1. The second kappa shape index (κ2) is 10.2. The zero-order valence-electron chi connectivity index (χ0n) is 12.9. The number of rotatable bonds is 9. The monoisotopic (exact) mass is 323 g/mol. The molecule has 0 atom stereocenters. The Morgan fingerprint density at radius 1 is 1.14 bits per heavy atom. The van der Waals surface area contributed by atoms with Crippen LogP contribution in [0, 0.1) is 0 Å². The van der Waals surface area contributed by atoms with E-state index in [0.717, 1.165) is 44.2 Å². The molecular formula is C17H26ClN3O. The maximum Gasteiger partial charge on any atom is 0.220 e. The van der Waals surface area contributed by atoms with Crippen LogP contribution in [0.15, 0.2) is 30.5 Å². The predicted octanol–water partition coefficient (Wildman–Crippen LogP) is 3.16. The first-order valence-electron chi connectivity index (χ1n) is 7.83. The van der Waals surface area contributed by atoms with Crippen LogP contribution in [0.3, 0.4) is 0 Å². The van der Waals surface area contributed by atoms with Crippen LogP contribution in [0.25, 0.3) is 10.9 Å². The first-order valence-corrected chi connectivity index (χ1v) is 7.83. The van der Waals surface area contributed by atoms with Gasteiger partial charge < -0.3 is 16.0 Å². The molecule has 0 fully saturated rings. The van der Waals surface area contributed by atoms with E-state index in [9.17, 15) is 4.79 Å². The number of hydrogen-bond donors (Lipinski definition) is 3. The van der Waals surface area contributed by atoms with Gasteiger partial charge in [-0.3, -0.25) is 4.79 Å². The molecule has 4 N–H and O–H groups in total.